The molecule has 1 aromatic heterocycles. The summed E-state index contributed by atoms with van der Waals surface area (Å²) in [4.78, 5) is 10.5. The molecule has 0 N–H and O–H groups in total. The fourth-order valence-electron chi connectivity index (χ4n) is 4.85. The topological polar surface area (TPSA) is 39.0 Å². The van der Waals surface area contributed by atoms with Crippen molar-refractivity contribution in [2.45, 2.75) is 26.1 Å². The molecule has 3 aromatic carbocycles. The zero-order valence-electron chi connectivity index (χ0n) is 20.0. The third-order valence-electron chi connectivity index (χ3n) is 6.36. The number of fused-ring (bicyclic) bond motifs is 1. The summed E-state index contributed by atoms with van der Waals surface area (Å²) in [5.41, 5.74) is 5.52. The number of nitrogens with zero attached hydrogens (tertiary/aromatic N) is 3. The van der Waals surface area contributed by atoms with Gasteiger partial charge in [-0.15, -0.1) is 0 Å². The molecule has 1 fully saturated rings. The number of rotatable bonds is 4. The largest absolute Gasteiger partial charge is 0.495 e. The number of aromatic nitrogens is 1. The van der Waals surface area contributed by atoms with Crippen LogP contribution in [-0.2, 0) is 4.74 Å². The summed E-state index contributed by atoms with van der Waals surface area (Å²) in [5.74, 6) is 0.208. The molecular formula is C29H26FN3O2. The van der Waals surface area contributed by atoms with Crippen LogP contribution >= 0.6 is 0 Å². The van der Waals surface area contributed by atoms with Gasteiger partial charge in [-0.2, -0.15) is 0 Å². The molecule has 2 atom stereocenters. The Morgan fingerprint density at radius 2 is 1.60 bits per heavy atom. The first-order chi connectivity index (χ1) is 17.0. The summed E-state index contributed by atoms with van der Waals surface area (Å²) >= 11 is 0. The minimum atomic E-state index is -0.370. The Hall–Kier alpha value is -3.95. The molecule has 5 nitrogen and oxygen atoms in total. The van der Waals surface area contributed by atoms with Gasteiger partial charge in [0, 0.05) is 41.5 Å². The smallest absolute Gasteiger partial charge is 0.187 e. The van der Waals surface area contributed by atoms with E-state index in [-0.39, 0.29) is 18.0 Å². The van der Waals surface area contributed by atoms with Crippen molar-refractivity contribution in [2.24, 2.45) is 0 Å². The summed E-state index contributed by atoms with van der Waals surface area (Å²) in [6, 6.07) is 18.3. The molecule has 1 aliphatic heterocycles. The average Bonchev–Trinajstić information content (AvgIpc) is 2.87. The third kappa shape index (κ3) is 4.43. The minimum Gasteiger partial charge on any atom is -0.495 e. The highest BCUT2D eigenvalue weighted by Crippen LogP contribution is 2.40. The van der Waals surface area contributed by atoms with Gasteiger partial charge in [0.25, 0.3) is 0 Å². The second kappa shape index (κ2) is 9.36. The second-order valence-electron chi connectivity index (χ2n) is 8.92. The SMILES string of the molecule is [C-]#[N+]c1ccc(-c2cc(F)cc3c(OC)c(-c4ccc(N5C[C@@H](C)O[C@@H](C)C5)cc4)cnc23)cc1. The average molecular weight is 468 g/mol. The van der Waals surface area contributed by atoms with E-state index in [0.29, 0.717) is 27.9 Å². The number of anilines is 1. The predicted molar refractivity (Wildman–Crippen MR) is 138 cm³/mol. The van der Waals surface area contributed by atoms with Gasteiger partial charge in [0.1, 0.15) is 11.6 Å². The van der Waals surface area contributed by atoms with Crippen molar-refractivity contribution < 1.29 is 13.9 Å². The Labute approximate surface area is 204 Å². The van der Waals surface area contributed by atoms with Crippen LogP contribution in [0.5, 0.6) is 5.75 Å². The summed E-state index contributed by atoms with van der Waals surface area (Å²) in [7, 11) is 1.60. The number of hydrogen-bond donors (Lipinski definition) is 0. The highest BCUT2D eigenvalue weighted by molar-refractivity contribution is 6.00. The Bertz CT molecular complexity index is 1400. The lowest BCUT2D eigenvalue weighted by molar-refractivity contribution is -0.00521. The number of halogens is 1. The van der Waals surface area contributed by atoms with Crippen molar-refractivity contribution >= 4 is 22.3 Å². The molecule has 0 saturated carbocycles. The molecule has 0 aliphatic carbocycles. The first kappa shape index (κ1) is 22.8. The van der Waals surface area contributed by atoms with Crippen LogP contribution < -0.4 is 9.64 Å². The number of pyridine rings is 1. The molecule has 0 amide bonds. The van der Waals surface area contributed by atoms with E-state index >= 15 is 0 Å². The Balaban J connectivity index is 1.56. The zero-order chi connectivity index (χ0) is 24.5. The maximum absolute atomic E-state index is 14.8. The predicted octanol–water partition coefficient (Wildman–Crippen LogP) is 6.88. The number of ether oxygens (including phenoxy) is 2. The Morgan fingerprint density at radius 1 is 0.971 bits per heavy atom. The van der Waals surface area contributed by atoms with E-state index in [1.54, 1.807) is 25.4 Å². The maximum atomic E-state index is 14.8. The van der Waals surface area contributed by atoms with Crippen molar-refractivity contribution in [1.82, 2.24) is 4.98 Å². The molecule has 2 heterocycles. The van der Waals surface area contributed by atoms with Crippen LogP contribution in [0, 0.1) is 12.4 Å². The molecule has 0 radical (unpaired) electrons. The molecule has 0 bridgehead atoms. The van der Waals surface area contributed by atoms with Crippen LogP contribution in [-0.4, -0.2) is 37.4 Å². The van der Waals surface area contributed by atoms with Gasteiger partial charge in [-0.05, 0) is 49.2 Å². The number of morpholine rings is 1. The van der Waals surface area contributed by atoms with Crippen molar-refractivity contribution in [2.75, 3.05) is 25.1 Å². The van der Waals surface area contributed by atoms with E-state index in [0.717, 1.165) is 35.5 Å². The standard InChI is InChI=1S/C29H26FN3O2/c1-18-16-33(17-19(2)35-18)24-11-7-21(8-12-24)27-15-32-28-25(20-5-9-23(31-3)10-6-20)13-22(30)14-26(28)29(27)34-4/h5-15,18-19H,16-17H2,1-2,4H3/t18-,19+. The highest BCUT2D eigenvalue weighted by atomic mass is 19.1. The number of methoxy groups -OCH3 is 1. The molecule has 0 spiro atoms. The summed E-state index contributed by atoms with van der Waals surface area (Å²) in [6.07, 6.45) is 2.15. The van der Waals surface area contributed by atoms with Gasteiger partial charge < -0.3 is 14.4 Å². The molecule has 4 aromatic rings. The Morgan fingerprint density at radius 3 is 2.23 bits per heavy atom. The zero-order valence-corrected chi connectivity index (χ0v) is 20.0. The molecular weight excluding hydrogens is 441 g/mol. The fraction of sp³-hybridized carbons (Fsp3) is 0.241. The normalized spacial score (nSPS) is 17.9. The van der Waals surface area contributed by atoms with Crippen LogP contribution in [0.4, 0.5) is 15.8 Å². The van der Waals surface area contributed by atoms with Crippen molar-refractivity contribution in [3.8, 4) is 28.0 Å². The molecule has 35 heavy (non-hydrogen) atoms. The maximum Gasteiger partial charge on any atom is 0.187 e. The Kier molecular flexibility index (Phi) is 6.10. The van der Waals surface area contributed by atoms with Gasteiger partial charge in [0.05, 0.1) is 31.4 Å². The van der Waals surface area contributed by atoms with Gasteiger partial charge in [0.2, 0.25) is 0 Å². The van der Waals surface area contributed by atoms with Crippen molar-refractivity contribution in [3.05, 3.63) is 84.1 Å². The molecule has 5 rings (SSSR count). The first-order valence-electron chi connectivity index (χ1n) is 11.6. The van der Waals surface area contributed by atoms with E-state index in [2.05, 4.69) is 47.9 Å². The van der Waals surface area contributed by atoms with Crippen LogP contribution in [0.3, 0.4) is 0 Å². The third-order valence-corrected chi connectivity index (χ3v) is 6.36. The number of hydrogen-bond acceptors (Lipinski definition) is 4. The quantitative estimate of drug-likeness (QED) is 0.307. The van der Waals surface area contributed by atoms with Crippen molar-refractivity contribution in [3.63, 3.8) is 0 Å². The van der Waals surface area contributed by atoms with Crippen LogP contribution in [0.15, 0.2) is 66.9 Å². The summed E-state index contributed by atoms with van der Waals surface area (Å²) in [5, 5.41) is 0.606. The van der Waals surface area contributed by atoms with Crippen LogP contribution in [0.1, 0.15) is 13.8 Å². The minimum absolute atomic E-state index is 0.185. The fourth-order valence-corrected chi connectivity index (χ4v) is 4.85. The van der Waals surface area contributed by atoms with Gasteiger partial charge in [0.15, 0.2) is 5.69 Å². The monoisotopic (exact) mass is 467 g/mol. The molecule has 1 saturated heterocycles. The molecule has 176 valence electrons. The summed E-state index contributed by atoms with van der Waals surface area (Å²) in [6.45, 7) is 13.0. The van der Waals surface area contributed by atoms with E-state index in [4.69, 9.17) is 21.0 Å². The highest BCUT2D eigenvalue weighted by Gasteiger charge is 2.23. The van der Waals surface area contributed by atoms with Gasteiger partial charge >= 0.3 is 0 Å². The van der Waals surface area contributed by atoms with Crippen molar-refractivity contribution in [1.29, 1.82) is 0 Å². The van der Waals surface area contributed by atoms with E-state index < -0.39 is 0 Å². The molecule has 0 unspecified atom stereocenters. The van der Waals surface area contributed by atoms with Gasteiger partial charge in [-0.1, -0.05) is 36.4 Å². The second-order valence-corrected chi connectivity index (χ2v) is 8.92. The lowest BCUT2D eigenvalue weighted by atomic mass is 9.98. The molecule has 6 heteroatoms. The van der Waals surface area contributed by atoms with E-state index in [1.165, 1.54) is 12.1 Å². The van der Waals surface area contributed by atoms with Gasteiger partial charge in [-0.3, -0.25) is 4.98 Å². The number of benzene rings is 3. The van der Waals surface area contributed by atoms with Gasteiger partial charge in [-0.25, -0.2) is 9.24 Å². The van der Waals surface area contributed by atoms with E-state index in [1.807, 2.05) is 12.1 Å². The lowest BCUT2D eigenvalue weighted by Crippen LogP contribution is -2.45. The van der Waals surface area contributed by atoms with E-state index in [9.17, 15) is 4.39 Å². The van der Waals surface area contributed by atoms with Crippen LogP contribution in [0.2, 0.25) is 0 Å². The first-order valence-corrected chi connectivity index (χ1v) is 11.6. The lowest BCUT2D eigenvalue weighted by Gasteiger charge is -2.36. The summed E-state index contributed by atoms with van der Waals surface area (Å²) < 4.78 is 26.4. The molecule has 1 aliphatic rings. The van der Waals surface area contributed by atoms with Crippen LogP contribution in [0.25, 0.3) is 38.0 Å².